The van der Waals surface area contributed by atoms with Crippen LogP contribution in [0.3, 0.4) is 0 Å². The van der Waals surface area contributed by atoms with Gasteiger partial charge in [-0.2, -0.15) is 0 Å². The number of phenols is 1. The molecular formula is C16H27Cl3N2O. The van der Waals surface area contributed by atoms with Gasteiger partial charge in [0, 0.05) is 42.8 Å². The van der Waals surface area contributed by atoms with Crippen LogP contribution in [-0.4, -0.2) is 36.2 Å². The third-order valence-corrected chi connectivity index (χ3v) is 4.14. The van der Waals surface area contributed by atoms with Gasteiger partial charge in [0.25, 0.3) is 0 Å². The van der Waals surface area contributed by atoms with Crippen LogP contribution in [0.1, 0.15) is 37.9 Å². The van der Waals surface area contributed by atoms with Crippen molar-refractivity contribution in [2.75, 3.05) is 26.2 Å². The van der Waals surface area contributed by atoms with Gasteiger partial charge in [-0.3, -0.25) is 4.90 Å². The molecule has 2 N–H and O–H groups in total. The lowest BCUT2D eigenvalue weighted by Gasteiger charge is -2.43. The fourth-order valence-corrected chi connectivity index (χ4v) is 3.40. The first-order chi connectivity index (χ1) is 9.30. The maximum atomic E-state index is 10.5. The molecule has 22 heavy (non-hydrogen) atoms. The third kappa shape index (κ3) is 4.90. The van der Waals surface area contributed by atoms with E-state index in [0.717, 1.165) is 37.3 Å². The van der Waals surface area contributed by atoms with Crippen molar-refractivity contribution in [2.45, 2.75) is 33.7 Å². The first-order valence-electron chi connectivity index (χ1n) is 7.24. The summed E-state index contributed by atoms with van der Waals surface area (Å²) in [6, 6.07) is 3.90. The van der Waals surface area contributed by atoms with Gasteiger partial charge < -0.3 is 10.4 Å². The molecule has 1 aromatic carbocycles. The van der Waals surface area contributed by atoms with Gasteiger partial charge in [-0.05, 0) is 30.0 Å². The molecule has 0 radical (unpaired) electrons. The normalized spacial score (nSPS) is 17.3. The molecule has 0 spiro atoms. The van der Waals surface area contributed by atoms with Crippen LogP contribution < -0.4 is 5.32 Å². The minimum Gasteiger partial charge on any atom is -0.507 e. The fourth-order valence-electron chi connectivity index (χ4n) is 3.12. The second-order valence-electron chi connectivity index (χ2n) is 6.72. The minimum absolute atomic E-state index is 0. The number of phenolic OH excluding ortho intramolecular Hbond substituents is 1. The predicted octanol–water partition coefficient (Wildman–Crippen LogP) is 4.19. The number of hydrogen-bond donors (Lipinski definition) is 2. The molecule has 0 unspecified atom stereocenters. The second-order valence-corrected chi connectivity index (χ2v) is 7.15. The lowest BCUT2D eigenvalue weighted by molar-refractivity contribution is 0.0842. The first kappa shape index (κ1) is 21.8. The van der Waals surface area contributed by atoms with Crippen LogP contribution >= 0.6 is 36.4 Å². The molecule has 0 aromatic heterocycles. The molecule has 1 fully saturated rings. The average Bonchev–Trinajstić information content (AvgIpc) is 2.35. The van der Waals surface area contributed by atoms with Gasteiger partial charge in [0.05, 0.1) is 0 Å². The zero-order valence-electron chi connectivity index (χ0n) is 13.6. The van der Waals surface area contributed by atoms with Gasteiger partial charge in [0.15, 0.2) is 0 Å². The molecule has 0 amide bonds. The van der Waals surface area contributed by atoms with Crippen molar-refractivity contribution in [3.05, 3.63) is 28.3 Å². The summed E-state index contributed by atoms with van der Waals surface area (Å²) < 4.78 is 0. The highest BCUT2D eigenvalue weighted by atomic mass is 35.5. The highest BCUT2D eigenvalue weighted by Gasteiger charge is 2.34. The molecule has 6 heteroatoms. The molecule has 0 bridgehead atoms. The molecule has 1 aliphatic rings. The van der Waals surface area contributed by atoms with E-state index in [9.17, 15) is 5.11 Å². The Morgan fingerprint density at radius 1 is 1.18 bits per heavy atom. The molecule has 128 valence electrons. The number of nitrogens with one attached hydrogen (secondary N) is 1. The van der Waals surface area contributed by atoms with E-state index in [2.05, 4.69) is 31.0 Å². The van der Waals surface area contributed by atoms with Crippen molar-refractivity contribution in [2.24, 2.45) is 5.41 Å². The number of benzene rings is 1. The van der Waals surface area contributed by atoms with Crippen molar-refractivity contribution in [1.82, 2.24) is 10.2 Å². The van der Waals surface area contributed by atoms with E-state index in [1.807, 2.05) is 19.1 Å². The van der Waals surface area contributed by atoms with Crippen molar-refractivity contribution in [3.8, 4) is 5.75 Å². The largest absolute Gasteiger partial charge is 0.507 e. The Balaban J connectivity index is 0.00000220. The Morgan fingerprint density at radius 2 is 1.73 bits per heavy atom. The fraction of sp³-hybridized carbons (Fsp3) is 0.625. The smallest absolute Gasteiger partial charge is 0.123 e. The topological polar surface area (TPSA) is 35.5 Å². The Labute approximate surface area is 151 Å². The van der Waals surface area contributed by atoms with E-state index in [-0.39, 0.29) is 36.3 Å². The van der Waals surface area contributed by atoms with E-state index in [0.29, 0.717) is 10.8 Å². The Hall–Kier alpha value is -0.190. The predicted molar refractivity (Wildman–Crippen MR) is 99.0 cm³/mol. The number of rotatable bonds is 2. The maximum Gasteiger partial charge on any atom is 0.123 e. The summed E-state index contributed by atoms with van der Waals surface area (Å²) in [6.45, 7) is 12.5. The number of nitrogens with zero attached hydrogens (tertiary/aromatic N) is 1. The van der Waals surface area contributed by atoms with Crippen molar-refractivity contribution in [1.29, 1.82) is 0 Å². The molecule has 1 aliphatic heterocycles. The molecule has 3 nitrogen and oxygen atoms in total. The molecule has 0 saturated carbocycles. The zero-order chi connectivity index (χ0) is 14.9. The van der Waals surface area contributed by atoms with Crippen molar-refractivity contribution < 1.29 is 5.11 Å². The lowest BCUT2D eigenvalue weighted by Crippen LogP contribution is -2.48. The van der Waals surface area contributed by atoms with E-state index in [4.69, 9.17) is 11.6 Å². The minimum atomic E-state index is 0. The van der Waals surface area contributed by atoms with Gasteiger partial charge in [0.2, 0.25) is 0 Å². The third-order valence-electron chi connectivity index (χ3n) is 3.93. The quantitative estimate of drug-likeness (QED) is 0.820. The van der Waals surface area contributed by atoms with Crippen LogP contribution in [0, 0.1) is 12.3 Å². The molecule has 1 saturated heterocycles. The lowest BCUT2D eigenvalue weighted by atomic mass is 9.80. The van der Waals surface area contributed by atoms with Gasteiger partial charge in [-0.1, -0.05) is 32.4 Å². The summed E-state index contributed by atoms with van der Waals surface area (Å²) in [5.74, 6) is 0.382. The summed E-state index contributed by atoms with van der Waals surface area (Å²) in [7, 11) is 0. The zero-order valence-corrected chi connectivity index (χ0v) is 16.0. The SMILES string of the molecule is Cc1cc(Cl)cc([C@H](N2CCNCC2)C(C)(C)C)c1O.Cl.Cl. The van der Waals surface area contributed by atoms with E-state index >= 15 is 0 Å². The summed E-state index contributed by atoms with van der Waals surface area (Å²) in [6.07, 6.45) is 0. The number of aromatic hydroxyl groups is 1. The molecule has 1 atom stereocenters. The number of hydrogen-bond acceptors (Lipinski definition) is 3. The van der Waals surface area contributed by atoms with Crippen LogP contribution in [0.5, 0.6) is 5.75 Å². The van der Waals surface area contributed by atoms with E-state index < -0.39 is 0 Å². The number of piperazine rings is 1. The first-order valence-corrected chi connectivity index (χ1v) is 7.62. The highest BCUT2D eigenvalue weighted by molar-refractivity contribution is 6.30. The van der Waals surface area contributed by atoms with E-state index in [1.54, 1.807) is 0 Å². The molecule has 1 heterocycles. The Bertz CT molecular complexity index is 483. The molecule has 1 aromatic rings. The number of halogens is 3. The molecule has 2 rings (SSSR count). The average molecular weight is 370 g/mol. The van der Waals surface area contributed by atoms with Gasteiger partial charge >= 0.3 is 0 Å². The van der Waals surface area contributed by atoms with Crippen molar-refractivity contribution in [3.63, 3.8) is 0 Å². The second kappa shape index (κ2) is 8.60. The van der Waals surface area contributed by atoms with Crippen molar-refractivity contribution >= 4 is 36.4 Å². The Kier molecular flexibility index (Phi) is 8.53. The molecular weight excluding hydrogens is 343 g/mol. The Morgan fingerprint density at radius 3 is 2.23 bits per heavy atom. The van der Waals surface area contributed by atoms with Gasteiger partial charge in [-0.25, -0.2) is 0 Å². The van der Waals surface area contributed by atoms with Crippen LogP contribution in [0.2, 0.25) is 5.02 Å². The molecule has 0 aliphatic carbocycles. The van der Waals surface area contributed by atoms with Crippen LogP contribution in [-0.2, 0) is 0 Å². The monoisotopic (exact) mass is 368 g/mol. The maximum absolute atomic E-state index is 10.5. The standard InChI is InChI=1S/C16H25ClN2O.2ClH/c1-11-9-12(17)10-13(14(11)20)15(16(2,3)4)19-7-5-18-6-8-19;;/h9-10,15,18,20H,5-8H2,1-4H3;2*1H/t15-;;/m0../s1. The van der Waals surface area contributed by atoms with E-state index in [1.165, 1.54) is 0 Å². The number of aryl methyl sites for hydroxylation is 1. The van der Waals surface area contributed by atoms with Gasteiger partial charge in [0.1, 0.15) is 5.75 Å². The van der Waals surface area contributed by atoms with Crippen LogP contribution in [0.4, 0.5) is 0 Å². The van der Waals surface area contributed by atoms with Gasteiger partial charge in [-0.15, -0.1) is 24.8 Å². The highest BCUT2D eigenvalue weighted by Crippen LogP contribution is 2.43. The summed E-state index contributed by atoms with van der Waals surface area (Å²) in [4.78, 5) is 2.45. The summed E-state index contributed by atoms with van der Waals surface area (Å²) in [5, 5.41) is 14.6. The van der Waals surface area contributed by atoms with Crippen LogP contribution in [0.25, 0.3) is 0 Å². The van der Waals surface area contributed by atoms with Crippen LogP contribution in [0.15, 0.2) is 12.1 Å². The summed E-state index contributed by atoms with van der Waals surface area (Å²) in [5.41, 5.74) is 1.83. The summed E-state index contributed by atoms with van der Waals surface area (Å²) >= 11 is 6.21.